The van der Waals surface area contributed by atoms with E-state index in [1.807, 2.05) is 24.3 Å². The Bertz CT molecular complexity index is 605. The highest BCUT2D eigenvalue weighted by molar-refractivity contribution is 6.08. The minimum absolute atomic E-state index is 0.128. The average molecular weight is 272 g/mol. The van der Waals surface area contributed by atoms with E-state index in [4.69, 9.17) is 0 Å². The van der Waals surface area contributed by atoms with Gasteiger partial charge < -0.3 is 10.1 Å². The molecular weight excluding hydrogens is 252 g/mol. The highest BCUT2D eigenvalue weighted by Gasteiger charge is 2.24. The number of hydrogen-bond donors (Lipinski definition) is 2. The smallest absolute Gasteiger partial charge is 0.178 e. The van der Waals surface area contributed by atoms with Crippen molar-refractivity contribution in [1.82, 2.24) is 9.88 Å². The van der Waals surface area contributed by atoms with Crippen molar-refractivity contribution in [1.29, 1.82) is 0 Å². The maximum atomic E-state index is 12.5. The van der Waals surface area contributed by atoms with Crippen molar-refractivity contribution in [2.24, 2.45) is 0 Å². The van der Waals surface area contributed by atoms with E-state index >= 15 is 0 Å². The zero-order valence-corrected chi connectivity index (χ0v) is 11.5. The van der Waals surface area contributed by atoms with Crippen LogP contribution in [0.3, 0.4) is 0 Å². The van der Waals surface area contributed by atoms with E-state index in [9.17, 15) is 9.90 Å². The summed E-state index contributed by atoms with van der Waals surface area (Å²) in [6.45, 7) is 1.44. The molecule has 1 aliphatic rings. The van der Waals surface area contributed by atoms with Crippen LogP contribution in [-0.4, -0.2) is 46.5 Å². The molecule has 2 N–H and O–H groups in total. The number of aliphatic hydroxyl groups is 1. The minimum atomic E-state index is 0.128. The molecule has 2 heterocycles. The Kier molecular flexibility index (Phi) is 3.85. The molecule has 0 saturated carbocycles. The lowest BCUT2D eigenvalue weighted by molar-refractivity contribution is 0.0712. The lowest BCUT2D eigenvalue weighted by atomic mass is 10.0. The molecule has 20 heavy (non-hydrogen) atoms. The lowest BCUT2D eigenvalue weighted by Gasteiger charge is -2.33. The number of aromatic amines is 1. The Labute approximate surface area is 118 Å². The number of carbonyl (C=O) groups is 1. The van der Waals surface area contributed by atoms with Gasteiger partial charge in [-0.25, -0.2) is 0 Å². The van der Waals surface area contributed by atoms with Gasteiger partial charge >= 0.3 is 0 Å². The lowest BCUT2D eigenvalue weighted by Crippen LogP contribution is -2.44. The van der Waals surface area contributed by atoms with Crippen molar-refractivity contribution in [2.75, 3.05) is 19.7 Å². The number of carbonyl (C=O) groups excluding carboxylic acids is 1. The molecule has 1 atom stereocenters. The van der Waals surface area contributed by atoms with Crippen LogP contribution in [0.2, 0.25) is 0 Å². The van der Waals surface area contributed by atoms with E-state index in [2.05, 4.69) is 9.88 Å². The van der Waals surface area contributed by atoms with E-state index in [1.165, 1.54) is 0 Å². The van der Waals surface area contributed by atoms with Crippen LogP contribution in [0.1, 0.15) is 29.6 Å². The normalized spacial score (nSPS) is 20.4. The molecule has 0 amide bonds. The van der Waals surface area contributed by atoms with E-state index < -0.39 is 0 Å². The fourth-order valence-corrected chi connectivity index (χ4v) is 3.05. The zero-order chi connectivity index (χ0) is 13.9. The molecule has 1 aliphatic heterocycles. The van der Waals surface area contributed by atoms with Crippen LogP contribution in [0.15, 0.2) is 30.5 Å². The van der Waals surface area contributed by atoms with Crippen molar-refractivity contribution in [3.05, 3.63) is 36.0 Å². The summed E-state index contributed by atoms with van der Waals surface area (Å²) in [4.78, 5) is 17.8. The monoisotopic (exact) mass is 272 g/mol. The number of Topliss-reactive ketones (excluding diaryl/α,β-unsaturated/α-hetero) is 1. The second-order valence-electron chi connectivity index (χ2n) is 5.47. The summed E-state index contributed by atoms with van der Waals surface area (Å²) >= 11 is 0. The highest BCUT2D eigenvalue weighted by atomic mass is 16.3. The predicted octanol–water partition coefficient (Wildman–Crippen LogP) is 2.20. The molecule has 4 heteroatoms. The summed E-state index contributed by atoms with van der Waals surface area (Å²) in [6, 6.07) is 7.99. The highest BCUT2D eigenvalue weighted by Crippen LogP contribution is 2.21. The van der Waals surface area contributed by atoms with Crippen molar-refractivity contribution in [2.45, 2.75) is 25.3 Å². The summed E-state index contributed by atoms with van der Waals surface area (Å²) in [5.41, 5.74) is 1.75. The molecule has 2 aromatic rings. The molecule has 0 bridgehead atoms. The van der Waals surface area contributed by atoms with Gasteiger partial charge in [-0.05, 0) is 25.5 Å². The van der Waals surface area contributed by atoms with Gasteiger partial charge in [-0.15, -0.1) is 0 Å². The number of H-pyrrole nitrogens is 1. The standard InChI is InChI=1S/C16H20N2O2/c19-11-12-5-3-4-8-18(12)10-16(20)14-9-17-15-7-2-1-6-13(14)15/h1-2,6-7,9,12,17,19H,3-5,8,10-11H2. The first-order valence-electron chi connectivity index (χ1n) is 7.24. The number of fused-ring (bicyclic) bond motifs is 1. The summed E-state index contributed by atoms with van der Waals surface area (Å²) in [5, 5.41) is 10.4. The van der Waals surface area contributed by atoms with Crippen molar-refractivity contribution >= 4 is 16.7 Å². The van der Waals surface area contributed by atoms with Crippen LogP contribution >= 0.6 is 0 Å². The Morgan fingerprint density at radius 1 is 1.35 bits per heavy atom. The van der Waals surface area contributed by atoms with Crippen molar-refractivity contribution in [3.8, 4) is 0 Å². The SMILES string of the molecule is O=C(CN1CCCCC1CO)c1c[nH]c2ccccc12. The topological polar surface area (TPSA) is 56.3 Å². The molecule has 3 rings (SSSR count). The van der Waals surface area contributed by atoms with Gasteiger partial charge in [0.05, 0.1) is 13.2 Å². The van der Waals surface area contributed by atoms with Gasteiger partial charge in [-0.2, -0.15) is 0 Å². The second-order valence-corrected chi connectivity index (χ2v) is 5.47. The number of nitrogens with one attached hydrogen (secondary N) is 1. The molecule has 0 spiro atoms. The van der Waals surface area contributed by atoms with Crippen molar-refractivity contribution in [3.63, 3.8) is 0 Å². The van der Waals surface area contributed by atoms with E-state index in [0.717, 1.165) is 42.3 Å². The van der Waals surface area contributed by atoms with Crippen molar-refractivity contribution < 1.29 is 9.90 Å². The van der Waals surface area contributed by atoms with Gasteiger partial charge in [0.2, 0.25) is 0 Å². The number of aromatic nitrogens is 1. The summed E-state index contributed by atoms with van der Waals surface area (Å²) < 4.78 is 0. The molecule has 1 aromatic heterocycles. The fourth-order valence-electron chi connectivity index (χ4n) is 3.05. The average Bonchev–Trinajstić information content (AvgIpc) is 2.92. The van der Waals surface area contributed by atoms with Gasteiger partial charge in [0, 0.05) is 28.7 Å². The van der Waals surface area contributed by atoms with Gasteiger partial charge in [0.25, 0.3) is 0 Å². The molecule has 1 unspecified atom stereocenters. The summed E-state index contributed by atoms with van der Waals surface area (Å²) in [7, 11) is 0. The Balaban J connectivity index is 1.78. The second kappa shape index (κ2) is 5.77. The van der Waals surface area contributed by atoms with Crippen LogP contribution in [-0.2, 0) is 0 Å². The van der Waals surface area contributed by atoms with Crippen LogP contribution in [0.4, 0.5) is 0 Å². The minimum Gasteiger partial charge on any atom is -0.395 e. The number of piperidine rings is 1. The maximum Gasteiger partial charge on any atom is 0.178 e. The van der Waals surface area contributed by atoms with Crippen LogP contribution in [0.5, 0.6) is 0 Å². The van der Waals surface area contributed by atoms with Crippen LogP contribution in [0.25, 0.3) is 10.9 Å². The molecule has 106 valence electrons. The number of likely N-dealkylation sites (tertiary alicyclic amines) is 1. The third-order valence-corrected chi connectivity index (χ3v) is 4.20. The van der Waals surface area contributed by atoms with E-state index in [0.29, 0.717) is 6.54 Å². The molecular formula is C16H20N2O2. The molecule has 4 nitrogen and oxygen atoms in total. The van der Waals surface area contributed by atoms with E-state index in [1.54, 1.807) is 6.20 Å². The first-order valence-corrected chi connectivity index (χ1v) is 7.24. The number of ketones is 1. The van der Waals surface area contributed by atoms with Gasteiger partial charge in [0.1, 0.15) is 0 Å². The predicted molar refractivity (Wildman–Crippen MR) is 78.9 cm³/mol. The number of hydrogen-bond acceptors (Lipinski definition) is 3. The van der Waals surface area contributed by atoms with E-state index in [-0.39, 0.29) is 18.4 Å². The van der Waals surface area contributed by atoms with Crippen LogP contribution in [0, 0.1) is 0 Å². The molecule has 1 aromatic carbocycles. The Morgan fingerprint density at radius 2 is 2.20 bits per heavy atom. The number of aliphatic hydroxyl groups excluding tert-OH is 1. The van der Waals surface area contributed by atoms with Crippen LogP contribution < -0.4 is 0 Å². The van der Waals surface area contributed by atoms with Gasteiger partial charge in [-0.1, -0.05) is 24.6 Å². The third kappa shape index (κ3) is 2.49. The quantitative estimate of drug-likeness (QED) is 0.839. The zero-order valence-electron chi connectivity index (χ0n) is 11.5. The third-order valence-electron chi connectivity index (χ3n) is 4.20. The summed E-state index contributed by atoms with van der Waals surface area (Å²) in [5.74, 6) is 0.128. The number of rotatable bonds is 4. The molecule has 0 radical (unpaired) electrons. The summed E-state index contributed by atoms with van der Waals surface area (Å²) in [6.07, 6.45) is 5.03. The fraction of sp³-hybridized carbons (Fsp3) is 0.438. The first-order chi connectivity index (χ1) is 9.79. The maximum absolute atomic E-state index is 12.5. The molecule has 1 fully saturated rings. The number of nitrogens with zero attached hydrogens (tertiary/aromatic N) is 1. The number of benzene rings is 1. The first kappa shape index (κ1) is 13.3. The largest absolute Gasteiger partial charge is 0.395 e. The van der Waals surface area contributed by atoms with Gasteiger partial charge in [-0.3, -0.25) is 9.69 Å². The Morgan fingerprint density at radius 3 is 3.05 bits per heavy atom. The van der Waals surface area contributed by atoms with Gasteiger partial charge in [0.15, 0.2) is 5.78 Å². The molecule has 1 saturated heterocycles. The Hall–Kier alpha value is -1.65. The number of para-hydroxylation sites is 1. The molecule has 0 aliphatic carbocycles.